The van der Waals surface area contributed by atoms with Gasteiger partial charge in [0.05, 0.1) is 11.2 Å². The third-order valence-corrected chi connectivity index (χ3v) is 4.40. The van der Waals surface area contributed by atoms with Gasteiger partial charge in [-0.1, -0.05) is 18.2 Å². The first-order valence-corrected chi connectivity index (χ1v) is 8.65. The van der Waals surface area contributed by atoms with Crippen LogP contribution >= 0.6 is 0 Å². The number of hydrogen-bond donors (Lipinski definition) is 1. The van der Waals surface area contributed by atoms with Crippen LogP contribution in [0.25, 0.3) is 28.2 Å². The molecule has 1 aromatic carbocycles. The Labute approximate surface area is 147 Å². The minimum Gasteiger partial charge on any atom is -0.338 e. The van der Waals surface area contributed by atoms with Crippen molar-refractivity contribution in [3.8, 4) is 11.3 Å². The van der Waals surface area contributed by atoms with Crippen LogP contribution in [-0.4, -0.2) is 41.1 Å². The molecule has 1 saturated heterocycles. The van der Waals surface area contributed by atoms with E-state index < -0.39 is 0 Å². The van der Waals surface area contributed by atoms with Gasteiger partial charge in [0.1, 0.15) is 0 Å². The van der Waals surface area contributed by atoms with E-state index in [-0.39, 0.29) is 0 Å². The maximum atomic E-state index is 4.77. The minimum atomic E-state index is 0.793. The smallest absolute Gasteiger partial charge is 0.225 e. The van der Waals surface area contributed by atoms with Gasteiger partial charge >= 0.3 is 0 Å². The van der Waals surface area contributed by atoms with E-state index in [4.69, 9.17) is 4.98 Å². The van der Waals surface area contributed by atoms with Gasteiger partial charge in [0.2, 0.25) is 5.95 Å². The Morgan fingerprint density at radius 1 is 1.08 bits per heavy atom. The highest BCUT2D eigenvalue weighted by molar-refractivity contribution is 5.85. The molecule has 4 rings (SSSR count). The molecule has 5 nitrogen and oxygen atoms in total. The monoisotopic (exact) mass is 331 g/mol. The van der Waals surface area contributed by atoms with Gasteiger partial charge < -0.3 is 10.2 Å². The fraction of sp³-hybridized carbons (Fsp3) is 0.250. The van der Waals surface area contributed by atoms with Crippen LogP contribution in [0, 0.1) is 0 Å². The molecule has 3 heterocycles. The molecule has 0 atom stereocenters. The predicted molar refractivity (Wildman–Crippen MR) is 103 cm³/mol. The molecule has 5 heteroatoms. The van der Waals surface area contributed by atoms with Gasteiger partial charge in [-0.2, -0.15) is 0 Å². The van der Waals surface area contributed by atoms with Crippen molar-refractivity contribution in [3.63, 3.8) is 0 Å². The summed E-state index contributed by atoms with van der Waals surface area (Å²) in [6.07, 6.45) is 7.86. The number of hydrogen-bond acceptors (Lipinski definition) is 5. The molecule has 3 aromatic rings. The second kappa shape index (κ2) is 6.99. The molecule has 0 aliphatic carbocycles. The summed E-state index contributed by atoms with van der Waals surface area (Å²) in [7, 11) is 0. The average molecular weight is 331 g/mol. The van der Waals surface area contributed by atoms with Crippen LogP contribution < -0.4 is 10.2 Å². The van der Waals surface area contributed by atoms with Crippen molar-refractivity contribution in [2.45, 2.75) is 6.92 Å². The Bertz CT molecular complexity index is 913. The zero-order valence-corrected chi connectivity index (χ0v) is 14.3. The Morgan fingerprint density at radius 3 is 2.80 bits per heavy atom. The molecule has 0 unspecified atom stereocenters. The largest absolute Gasteiger partial charge is 0.338 e. The van der Waals surface area contributed by atoms with Crippen molar-refractivity contribution in [1.29, 1.82) is 0 Å². The molecule has 1 N–H and O–H groups in total. The summed E-state index contributed by atoms with van der Waals surface area (Å²) in [5, 5.41) is 4.47. The number of anilines is 1. The van der Waals surface area contributed by atoms with Crippen molar-refractivity contribution >= 4 is 22.9 Å². The lowest BCUT2D eigenvalue weighted by atomic mass is 10.1. The number of piperazine rings is 1. The Morgan fingerprint density at radius 2 is 1.96 bits per heavy atom. The molecule has 0 spiro atoms. The maximum Gasteiger partial charge on any atom is 0.225 e. The Kier molecular flexibility index (Phi) is 4.39. The molecule has 2 aromatic heterocycles. The summed E-state index contributed by atoms with van der Waals surface area (Å²) in [6.45, 7) is 5.84. The zero-order valence-electron chi connectivity index (χ0n) is 14.3. The number of fused-ring (bicyclic) bond motifs is 1. The summed E-state index contributed by atoms with van der Waals surface area (Å²) in [4.78, 5) is 16.0. The third-order valence-electron chi connectivity index (χ3n) is 4.40. The van der Waals surface area contributed by atoms with E-state index in [1.807, 2.05) is 31.5 Å². The van der Waals surface area contributed by atoms with Crippen LogP contribution in [0.2, 0.25) is 0 Å². The molecule has 25 heavy (non-hydrogen) atoms. The second-order valence-corrected chi connectivity index (χ2v) is 6.16. The number of pyridine rings is 1. The first-order valence-electron chi connectivity index (χ1n) is 8.65. The van der Waals surface area contributed by atoms with E-state index in [0.29, 0.717) is 0 Å². The van der Waals surface area contributed by atoms with E-state index >= 15 is 0 Å². The highest BCUT2D eigenvalue weighted by Crippen LogP contribution is 2.23. The van der Waals surface area contributed by atoms with Crippen molar-refractivity contribution in [1.82, 2.24) is 20.3 Å². The lowest BCUT2D eigenvalue weighted by Gasteiger charge is -2.27. The van der Waals surface area contributed by atoms with Crippen LogP contribution in [-0.2, 0) is 0 Å². The molecular formula is C20H21N5. The van der Waals surface area contributed by atoms with Crippen LogP contribution in [0.15, 0.2) is 48.8 Å². The summed E-state index contributed by atoms with van der Waals surface area (Å²) in [6, 6.07) is 10.4. The van der Waals surface area contributed by atoms with Gasteiger partial charge in [-0.25, -0.2) is 9.97 Å². The Hall–Kier alpha value is -2.79. The maximum absolute atomic E-state index is 4.77. The molecule has 1 aliphatic rings. The molecule has 0 bridgehead atoms. The van der Waals surface area contributed by atoms with Crippen molar-refractivity contribution < 1.29 is 0 Å². The standard InChI is InChI=1S/C20H21N5/c1-2-3-15-4-5-18-16(12-15)13-17(14-23-18)19-6-7-22-20(24-19)25-10-8-21-9-11-25/h2-7,12-14,21H,8-11H2,1H3. The third kappa shape index (κ3) is 3.37. The van der Waals surface area contributed by atoms with Crippen molar-refractivity contribution in [2.24, 2.45) is 0 Å². The van der Waals surface area contributed by atoms with E-state index in [1.54, 1.807) is 0 Å². The Balaban J connectivity index is 1.71. The summed E-state index contributed by atoms with van der Waals surface area (Å²) in [5.41, 5.74) is 4.10. The SMILES string of the molecule is CC=Cc1ccc2ncc(-c3ccnc(N4CCNCC4)n3)cc2c1. The molecule has 1 aliphatic heterocycles. The number of rotatable bonds is 3. The fourth-order valence-electron chi connectivity index (χ4n) is 3.11. The average Bonchev–Trinajstić information content (AvgIpc) is 2.68. The number of allylic oxidation sites excluding steroid dienone is 1. The molecule has 0 saturated carbocycles. The quantitative estimate of drug-likeness (QED) is 0.799. The first kappa shape index (κ1) is 15.7. The minimum absolute atomic E-state index is 0.793. The first-order chi connectivity index (χ1) is 12.3. The topological polar surface area (TPSA) is 53.9 Å². The number of aromatic nitrogens is 3. The van der Waals surface area contributed by atoms with Crippen LogP contribution in [0.3, 0.4) is 0 Å². The van der Waals surface area contributed by atoms with Crippen LogP contribution in [0.5, 0.6) is 0 Å². The van der Waals surface area contributed by atoms with Gasteiger partial charge in [0.25, 0.3) is 0 Å². The van der Waals surface area contributed by atoms with E-state index in [2.05, 4.69) is 50.5 Å². The zero-order chi connectivity index (χ0) is 17.1. The molecule has 0 radical (unpaired) electrons. The lowest BCUT2D eigenvalue weighted by Crippen LogP contribution is -2.44. The molecule has 0 amide bonds. The summed E-state index contributed by atoms with van der Waals surface area (Å²) in [5.74, 6) is 0.793. The van der Waals surface area contributed by atoms with Crippen molar-refractivity contribution in [3.05, 3.63) is 54.4 Å². The van der Waals surface area contributed by atoms with Gasteiger partial charge in [0.15, 0.2) is 0 Å². The highest BCUT2D eigenvalue weighted by atomic mass is 15.3. The van der Waals surface area contributed by atoms with Gasteiger partial charge in [0, 0.05) is 49.5 Å². The van der Waals surface area contributed by atoms with E-state index in [0.717, 1.165) is 54.3 Å². The van der Waals surface area contributed by atoms with E-state index in [9.17, 15) is 0 Å². The van der Waals surface area contributed by atoms with Gasteiger partial charge in [-0.15, -0.1) is 0 Å². The number of nitrogens with zero attached hydrogens (tertiary/aromatic N) is 4. The van der Waals surface area contributed by atoms with Gasteiger partial charge in [-0.3, -0.25) is 4.98 Å². The molecule has 126 valence electrons. The van der Waals surface area contributed by atoms with Crippen molar-refractivity contribution in [2.75, 3.05) is 31.1 Å². The number of benzene rings is 1. The normalized spacial score (nSPS) is 15.2. The number of nitrogens with one attached hydrogen (secondary N) is 1. The molecule has 1 fully saturated rings. The lowest BCUT2D eigenvalue weighted by molar-refractivity contribution is 0.580. The predicted octanol–water partition coefficient (Wildman–Crippen LogP) is 3.13. The fourth-order valence-corrected chi connectivity index (χ4v) is 3.11. The van der Waals surface area contributed by atoms with E-state index in [1.165, 1.54) is 5.56 Å². The van der Waals surface area contributed by atoms with Crippen LogP contribution in [0.4, 0.5) is 5.95 Å². The molecular weight excluding hydrogens is 310 g/mol. The highest BCUT2D eigenvalue weighted by Gasteiger charge is 2.14. The summed E-state index contributed by atoms with van der Waals surface area (Å²) < 4.78 is 0. The van der Waals surface area contributed by atoms with Crippen LogP contribution in [0.1, 0.15) is 12.5 Å². The summed E-state index contributed by atoms with van der Waals surface area (Å²) >= 11 is 0. The second-order valence-electron chi connectivity index (χ2n) is 6.16. The van der Waals surface area contributed by atoms with Gasteiger partial charge in [-0.05, 0) is 36.8 Å².